The summed E-state index contributed by atoms with van der Waals surface area (Å²) in [6.07, 6.45) is 4.75. The molecule has 7 heteroatoms. The van der Waals surface area contributed by atoms with Crippen LogP contribution in [0.15, 0.2) is 0 Å². The van der Waals surface area contributed by atoms with Gasteiger partial charge in [-0.25, -0.2) is 4.18 Å². The third-order valence-corrected chi connectivity index (χ3v) is 2.15. The van der Waals surface area contributed by atoms with Gasteiger partial charge in [-0.05, 0) is 13.8 Å². The summed E-state index contributed by atoms with van der Waals surface area (Å²) >= 11 is 0. The van der Waals surface area contributed by atoms with Gasteiger partial charge in [0.1, 0.15) is 5.60 Å². The van der Waals surface area contributed by atoms with E-state index in [1.807, 2.05) is 0 Å². The fourth-order valence-electron chi connectivity index (χ4n) is 0.346. The summed E-state index contributed by atoms with van der Waals surface area (Å²) in [4.78, 5) is 0. The van der Waals surface area contributed by atoms with Crippen LogP contribution >= 0.6 is 0 Å². The van der Waals surface area contributed by atoms with Gasteiger partial charge in [-0.2, -0.15) is 21.6 Å². The fourth-order valence-corrected chi connectivity index (χ4v) is 1.04. The SMILES string of the molecule is C#CC(C)(C)OS(=O)(=O)C(F)(F)F. The monoisotopic (exact) mass is 216 g/mol. The molecule has 3 nitrogen and oxygen atoms in total. The summed E-state index contributed by atoms with van der Waals surface area (Å²) < 4.78 is 59.7. The van der Waals surface area contributed by atoms with Gasteiger partial charge in [0, 0.05) is 0 Å². The molecule has 0 aromatic heterocycles. The highest BCUT2D eigenvalue weighted by Crippen LogP contribution is 2.28. The van der Waals surface area contributed by atoms with E-state index in [0.29, 0.717) is 0 Å². The van der Waals surface area contributed by atoms with Gasteiger partial charge in [0.2, 0.25) is 0 Å². The van der Waals surface area contributed by atoms with E-state index in [-0.39, 0.29) is 0 Å². The van der Waals surface area contributed by atoms with Crippen molar-refractivity contribution in [2.75, 3.05) is 0 Å². The highest BCUT2D eigenvalue weighted by Gasteiger charge is 2.49. The van der Waals surface area contributed by atoms with Crippen LogP contribution in [-0.4, -0.2) is 19.5 Å². The Morgan fingerprint density at radius 1 is 1.31 bits per heavy atom. The number of hydrogen-bond acceptors (Lipinski definition) is 3. The van der Waals surface area contributed by atoms with E-state index in [9.17, 15) is 21.6 Å². The molecule has 0 radical (unpaired) electrons. The molecule has 0 aliphatic heterocycles. The average molecular weight is 216 g/mol. The Bertz CT molecular complexity index is 320. The van der Waals surface area contributed by atoms with E-state index in [0.717, 1.165) is 13.8 Å². The molecule has 13 heavy (non-hydrogen) atoms. The molecule has 0 saturated carbocycles. The lowest BCUT2D eigenvalue weighted by Gasteiger charge is -2.18. The Hall–Kier alpha value is -0.740. The number of rotatable bonds is 2. The van der Waals surface area contributed by atoms with E-state index in [1.54, 1.807) is 5.92 Å². The van der Waals surface area contributed by atoms with Crippen molar-refractivity contribution in [2.24, 2.45) is 0 Å². The average Bonchev–Trinajstić information content (AvgIpc) is 1.83. The molecule has 76 valence electrons. The van der Waals surface area contributed by atoms with Crippen molar-refractivity contribution in [1.29, 1.82) is 0 Å². The highest BCUT2D eigenvalue weighted by molar-refractivity contribution is 7.87. The summed E-state index contributed by atoms with van der Waals surface area (Å²) in [7, 11) is -5.61. The van der Waals surface area contributed by atoms with Gasteiger partial charge >= 0.3 is 15.6 Å². The van der Waals surface area contributed by atoms with Crippen molar-refractivity contribution >= 4 is 10.1 Å². The second kappa shape index (κ2) is 3.20. The maximum atomic E-state index is 11.7. The molecular formula is C6H7F3O3S. The Labute approximate surface area is 74.0 Å². The van der Waals surface area contributed by atoms with Crippen LogP contribution in [0.5, 0.6) is 0 Å². The lowest BCUT2D eigenvalue weighted by atomic mass is 10.2. The first kappa shape index (κ1) is 12.3. The Balaban J connectivity index is 4.88. The fraction of sp³-hybridized carbons (Fsp3) is 0.667. The van der Waals surface area contributed by atoms with E-state index in [4.69, 9.17) is 6.42 Å². The summed E-state index contributed by atoms with van der Waals surface area (Å²) in [5.74, 6) is 1.77. The third-order valence-electron chi connectivity index (χ3n) is 0.949. The van der Waals surface area contributed by atoms with Crippen LogP contribution in [0.1, 0.15) is 13.8 Å². The van der Waals surface area contributed by atoms with Gasteiger partial charge in [-0.1, -0.05) is 5.92 Å². The van der Waals surface area contributed by atoms with Crippen LogP contribution in [-0.2, 0) is 14.3 Å². The molecule has 0 atom stereocenters. The maximum absolute atomic E-state index is 11.7. The van der Waals surface area contributed by atoms with E-state index in [1.165, 1.54) is 0 Å². The second-order valence-electron chi connectivity index (χ2n) is 2.64. The quantitative estimate of drug-likeness (QED) is 0.396. The molecule has 0 heterocycles. The molecule has 0 aliphatic rings. The normalized spacial score (nSPS) is 13.8. The summed E-state index contributed by atoms with van der Waals surface area (Å²) in [6, 6.07) is 0. The molecule has 0 bridgehead atoms. The van der Waals surface area contributed by atoms with Gasteiger partial charge in [0.05, 0.1) is 0 Å². The van der Waals surface area contributed by atoms with Gasteiger partial charge in [-0.3, -0.25) is 0 Å². The van der Waals surface area contributed by atoms with E-state index in [2.05, 4.69) is 4.18 Å². The smallest absolute Gasteiger partial charge is 0.244 e. The van der Waals surface area contributed by atoms with Crippen LogP contribution in [0, 0.1) is 12.3 Å². The van der Waals surface area contributed by atoms with Crippen molar-refractivity contribution in [1.82, 2.24) is 0 Å². The van der Waals surface area contributed by atoms with Crippen LogP contribution in [0.2, 0.25) is 0 Å². The molecule has 0 rings (SSSR count). The van der Waals surface area contributed by atoms with Crippen LogP contribution < -0.4 is 0 Å². The summed E-state index contributed by atoms with van der Waals surface area (Å²) in [5.41, 5.74) is -7.24. The van der Waals surface area contributed by atoms with Crippen molar-refractivity contribution in [3.05, 3.63) is 0 Å². The Kier molecular flexibility index (Phi) is 3.01. The second-order valence-corrected chi connectivity index (χ2v) is 4.18. The number of terminal acetylenes is 1. The highest BCUT2D eigenvalue weighted by atomic mass is 32.2. The predicted octanol–water partition coefficient (Wildman–Crippen LogP) is 1.26. The largest absolute Gasteiger partial charge is 0.523 e. The van der Waals surface area contributed by atoms with Crippen molar-refractivity contribution in [2.45, 2.75) is 25.0 Å². The first-order chi connectivity index (χ1) is 5.52. The molecule has 0 N–H and O–H groups in total. The molecule has 0 fully saturated rings. The molecule has 0 spiro atoms. The minimum Gasteiger partial charge on any atom is -0.244 e. The number of halogens is 3. The van der Waals surface area contributed by atoms with Crippen molar-refractivity contribution in [3.63, 3.8) is 0 Å². The van der Waals surface area contributed by atoms with Gasteiger partial charge in [0.25, 0.3) is 0 Å². The van der Waals surface area contributed by atoms with E-state index < -0.39 is 21.2 Å². The molecular weight excluding hydrogens is 209 g/mol. The lowest BCUT2D eigenvalue weighted by Crippen LogP contribution is -2.34. The van der Waals surface area contributed by atoms with Gasteiger partial charge in [-0.15, -0.1) is 6.42 Å². The van der Waals surface area contributed by atoms with Crippen LogP contribution in [0.25, 0.3) is 0 Å². The topological polar surface area (TPSA) is 43.4 Å². The minimum absolute atomic E-state index is 1.04. The minimum atomic E-state index is -5.61. The first-order valence-electron chi connectivity index (χ1n) is 3.01. The van der Waals surface area contributed by atoms with Crippen molar-refractivity contribution < 1.29 is 25.8 Å². The molecule has 0 aromatic carbocycles. The Morgan fingerprint density at radius 3 is 1.92 bits per heavy atom. The number of hydrogen-bond donors (Lipinski definition) is 0. The third kappa shape index (κ3) is 3.24. The summed E-state index contributed by atoms with van der Waals surface area (Å²) in [5, 5.41) is 0. The zero-order valence-corrected chi connectivity index (χ0v) is 7.66. The van der Waals surface area contributed by atoms with Crippen molar-refractivity contribution in [3.8, 4) is 12.3 Å². The van der Waals surface area contributed by atoms with E-state index >= 15 is 0 Å². The predicted molar refractivity (Wildman–Crippen MR) is 39.0 cm³/mol. The number of alkyl halides is 3. The standard InChI is InChI=1S/C6H7F3O3S/c1-4-5(2,3)12-13(10,11)6(7,8)9/h1H,2-3H3. The molecule has 0 aromatic rings. The van der Waals surface area contributed by atoms with Crippen LogP contribution in [0.4, 0.5) is 13.2 Å². The molecule has 0 amide bonds. The molecule has 0 saturated heterocycles. The molecule has 0 unspecified atom stereocenters. The Morgan fingerprint density at radius 2 is 1.69 bits per heavy atom. The summed E-state index contributed by atoms with van der Waals surface area (Å²) in [6.45, 7) is 2.08. The lowest BCUT2D eigenvalue weighted by molar-refractivity contribution is -0.0590. The first-order valence-corrected chi connectivity index (χ1v) is 4.42. The maximum Gasteiger partial charge on any atom is 0.523 e. The van der Waals surface area contributed by atoms with Crippen LogP contribution in [0.3, 0.4) is 0 Å². The molecule has 0 aliphatic carbocycles. The zero-order chi connectivity index (χ0) is 10.9. The zero-order valence-electron chi connectivity index (χ0n) is 6.84. The van der Waals surface area contributed by atoms with Gasteiger partial charge < -0.3 is 0 Å². The van der Waals surface area contributed by atoms with Gasteiger partial charge in [0.15, 0.2) is 0 Å².